The Kier molecular flexibility index (Phi) is 6.31. The third-order valence-corrected chi connectivity index (χ3v) is 4.84. The van der Waals surface area contributed by atoms with Crippen LogP contribution >= 0.6 is 23.2 Å². The predicted molar refractivity (Wildman–Crippen MR) is 86.5 cm³/mol. The summed E-state index contributed by atoms with van der Waals surface area (Å²) in [6.45, 7) is 3.42. The highest BCUT2D eigenvalue weighted by atomic mass is 35.5. The first-order valence-electron chi connectivity index (χ1n) is 6.38. The Morgan fingerprint density at radius 3 is 2.52 bits per heavy atom. The van der Waals surface area contributed by atoms with Gasteiger partial charge in [0.25, 0.3) is 0 Å². The Labute approximate surface area is 135 Å². The van der Waals surface area contributed by atoms with E-state index >= 15 is 0 Å². The van der Waals surface area contributed by atoms with Crippen LogP contribution in [0.1, 0.15) is 20.3 Å². The third-order valence-electron chi connectivity index (χ3n) is 2.91. The zero-order valence-corrected chi connectivity index (χ0v) is 14.4. The lowest BCUT2D eigenvalue weighted by Gasteiger charge is -2.24. The molecule has 0 bridgehead atoms. The van der Waals surface area contributed by atoms with E-state index in [1.54, 1.807) is 12.1 Å². The van der Waals surface area contributed by atoms with Crippen molar-refractivity contribution in [3.05, 3.63) is 28.2 Å². The number of hydrogen-bond acceptors (Lipinski definition) is 3. The summed E-state index contributed by atoms with van der Waals surface area (Å²) in [6.07, 6.45) is 1.77. The summed E-state index contributed by atoms with van der Waals surface area (Å²) < 4.78 is 24.8. The van der Waals surface area contributed by atoms with E-state index in [-0.39, 0.29) is 28.3 Å². The average molecular weight is 353 g/mol. The van der Waals surface area contributed by atoms with Gasteiger partial charge in [0, 0.05) is 6.04 Å². The van der Waals surface area contributed by atoms with Crippen molar-refractivity contribution >= 4 is 44.8 Å². The summed E-state index contributed by atoms with van der Waals surface area (Å²) >= 11 is 11.9. The number of sulfonamides is 1. The number of carbonyl (C=O) groups excluding carboxylic acids is 1. The third kappa shape index (κ3) is 5.05. The van der Waals surface area contributed by atoms with Crippen LogP contribution in [0, 0.1) is 0 Å². The minimum atomic E-state index is -3.67. The summed E-state index contributed by atoms with van der Waals surface area (Å²) in [5, 5.41) is 3.04. The SMILES string of the molecule is CCC(C)NC(=O)CN(c1cccc(Cl)c1Cl)S(C)(=O)=O. The molecule has 1 unspecified atom stereocenters. The topological polar surface area (TPSA) is 66.5 Å². The molecule has 1 aromatic rings. The van der Waals surface area contributed by atoms with Gasteiger partial charge >= 0.3 is 0 Å². The Hall–Kier alpha value is -0.980. The molecular weight excluding hydrogens is 335 g/mol. The van der Waals surface area contributed by atoms with Crippen LogP contribution in [-0.4, -0.2) is 33.2 Å². The predicted octanol–water partition coefficient (Wildman–Crippen LogP) is 2.67. The second kappa shape index (κ2) is 7.33. The summed E-state index contributed by atoms with van der Waals surface area (Å²) in [5.41, 5.74) is 0.186. The van der Waals surface area contributed by atoms with E-state index in [0.717, 1.165) is 17.0 Å². The van der Waals surface area contributed by atoms with Crippen molar-refractivity contribution in [2.45, 2.75) is 26.3 Å². The van der Waals surface area contributed by atoms with Gasteiger partial charge in [0.2, 0.25) is 15.9 Å². The number of rotatable bonds is 6. The standard InChI is InChI=1S/C13H18Cl2N2O3S/c1-4-9(2)16-12(18)8-17(21(3,19)20)11-7-5-6-10(14)13(11)15/h5-7,9H,4,8H2,1-3H3,(H,16,18). The van der Waals surface area contributed by atoms with Crippen molar-refractivity contribution in [2.24, 2.45) is 0 Å². The first-order valence-corrected chi connectivity index (χ1v) is 8.98. The zero-order chi connectivity index (χ0) is 16.2. The molecule has 118 valence electrons. The van der Waals surface area contributed by atoms with Gasteiger partial charge in [-0.05, 0) is 25.5 Å². The molecule has 0 spiro atoms. The molecule has 0 saturated carbocycles. The lowest BCUT2D eigenvalue weighted by atomic mass is 10.2. The van der Waals surface area contributed by atoms with E-state index < -0.39 is 15.9 Å². The molecule has 1 N–H and O–H groups in total. The van der Waals surface area contributed by atoms with Crippen LogP contribution in [0.3, 0.4) is 0 Å². The average Bonchev–Trinajstić information content (AvgIpc) is 2.38. The van der Waals surface area contributed by atoms with E-state index in [1.807, 2.05) is 13.8 Å². The molecule has 0 aliphatic carbocycles. The monoisotopic (exact) mass is 352 g/mol. The van der Waals surface area contributed by atoms with E-state index in [4.69, 9.17) is 23.2 Å². The number of nitrogens with one attached hydrogen (secondary N) is 1. The fourth-order valence-corrected chi connectivity index (χ4v) is 2.93. The summed E-state index contributed by atoms with van der Waals surface area (Å²) in [5.74, 6) is -0.397. The fourth-order valence-electron chi connectivity index (χ4n) is 1.62. The number of nitrogens with zero attached hydrogens (tertiary/aromatic N) is 1. The molecule has 21 heavy (non-hydrogen) atoms. The van der Waals surface area contributed by atoms with Gasteiger partial charge in [-0.3, -0.25) is 9.10 Å². The van der Waals surface area contributed by atoms with Gasteiger partial charge in [-0.1, -0.05) is 36.2 Å². The molecule has 0 fully saturated rings. The van der Waals surface area contributed by atoms with E-state index in [2.05, 4.69) is 5.32 Å². The number of halogens is 2. The minimum absolute atomic E-state index is 0.0336. The zero-order valence-electron chi connectivity index (χ0n) is 12.1. The fraction of sp³-hybridized carbons (Fsp3) is 0.462. The van der Waals surface area contributed by atoms with Gasteiger partial charge in [0.05, 0.1) is 22.0 Å². The van der Waals surface area contributed by atoms with Gasteiger partial charge in [-0.15, -0.1) is 0 Å². The Morgan fingerprint density at radius 1 is 1.38 bits per heavy atom. The van der Waals surface area contributed by atoms with Gasteiger partial charge in [-0.2, -0.15) is 0 Å². The molecule has 0 aromatic heterocycles. The maximum atomic E-state index is 11.9. The van der Waals surface area contributed by atoms with Crippen molar-refractivity contribution in [1.82, 2.24) is 5.32 Å². The van der Waals surface area contributed by atoms with E-state index in [0.29, 0.717) is 0 Å². The highest BCUT2D eigenvalue weighted by Crippen LogP contribution is 2.33. The smallest absolute Gasteiger partial charge is 0.240 e. The lowest BCUT2D eigenvalue weighted by Crippen LogP contribution is -2.43. The van der Waals surface area contributed by atoms with Crippen molar-refractivity contribution in [1.29, 1.82) is 0 Å². The number of amides is 1. The first-order chi connectivity index (χ1) is 9.66. The molecular formula is C13H18Cl2N2O3S. The Balaban J connectivity index is 3.09. The number of benzene rings is 1. The van der Waals surface area contributed by atoms with Crippen molar-refractivity contribution in [3.8, 4) is 0 Å². The van der Waals surface area contributed by atoms with Crippen LogP contribution in [-0.2, 0) is 14.8 Å². The molecule has 1 aromatic carbocycles. The highest BCUT2D eigenvalue weighted by Gasteiger charge is 2.24. The Morgan fingerprint density at radius 2 is 2.00 bits per heavy atom. The van der Waals surface area contributed by atoms with Crippen LogP contribution in [0.25, 0.3) is 0 Å². The second-order valence-corrected chi connectivity index (χ2v) is 7.41. The minimum Gasteiger partial charge on any atom is -0.352 e. The van der Waals surface area contributed by atoms with Crippen LogP contribution in [0.2, 0.25) is 10.0 Å². The van der Waals surface area contributed by atoms with Gasteiger partial charge < -0.3 is 5.32 Å². The lowest BCUT2D eigenvalue weighted by molar-refractivity contribution is -0.120. The molecule has 1 atom stereocenters. The maximum Gasteiger partial charge on any atom is 0.240 e. The molecule has 0 aliphatic heterocycles. The molecule has 0 aliphatic rings. The largest absolute Gasteiger partial charge is 0.352 e. The van der Waals surface area contributed by atoms with Gasteiger partial charge in [-0.25, -0.2) is 8.42 Å². The molecule has 0 radical (unpaired) electrons. The van der Waals surface area contributed by atoms with Crippen LogP contribution < -0.4 is 9.62 Å². The first kappa shape index (κ1) is 18.1. The van der Waals surface area contributed by atoms with E-state index in [9.17, 15) is 13.2 Å². The normalized spacial score (nSPS) is 12.8. The summed E-state index contributed by atoms with van der Waals surface area (Å²) in [7, 11) is -3.67. The number of anilines is 1. The number of hydrogen-bond donors (Lipinski definition) is 1. The van der Waals surface area contributed by atoms with E-state index in [1.165, 1.54) is 6.07 Å². The van der Waals surface area contributed by atoms with Crippen LogP contribution in [0.5, 0.6) is 0 Å². The quantitative estimate of drug-likeness (QED) is 0.855. The molecule has 8 heteroatoms. The Bertz CT molecular complexity index is 620. The molecule has 0 saturated heterocycles. The van der Waals surface area contributed by atoms with Crippen LogP contribution in [0.4, 0.5) is 5.69 Å². The van der Waals surface area contributed by atoms with Crippen molar-refractivity contribution in [2.75, 3.05) is 17.1 Å². The van der Waals surface area contributed by atoms with Crippen molar-refractivity contribution < 1.29 is 13.2 Å². The molecule has 0 heterocycles. The molecule has 1 amide bonds. The van der Waals surface area contributed by atoms with Gasteiger partial charge in [0.15, 0.2) is 0 Å². The van der Waals surface area contributed by atoms with Crippen LogP contribution in [0.15, 0.2) is 18.2 Å². The van der Waals surface area contributed by atoms with Crippen molar-refractivity contribution in [3.63, 3.8) is 0 Å². The van der Waals surface area contributed by atoms with Gasteiger partial charge in [0.1, 0.15) is 6.54 Å². The molecule has 5 nitrogen and oxygen atoms in total. The molecule has 1 rings (SSSR count). The second-order valence-electron chi connectivity index (χ2n) is 4.72. The summed E-state index contributed by atoms with van der Waals surface area (Å²) in [4.78, 5) is 11.9. The maximum absolute atomic E-state index is 11.9. The summed E-state index contributed by atoms with van der Waals surface area (Å²) in [6, 6.07) is 4.60. The highest BCUT2D eigenvalue weighted by molar-refractivity contribution is 7.92. The number of carbonyl (C=O) groups is 1.